The Balaban J connectivity index is 1.91. The highest BCUT2D eigenvalue weighted by Crippen LogP contribution is 2.23. The zero-order chi connectivity index (χ0) is 14.4. The summed E-state index contributed by atoms with van der Waals surface area (Å²) < 4.78 is 4.88. The number of benzene rings is 1. The topological polar surface area (TPSA) is 78.7 Å². The standard InChI is InChI=1S/C12H10N4OS3/c1-18-11-15-12(20-16-11)19-7-10(17)14-9-5-3-2-4-8(9)6-13/h2-5H,7H2,1H3,(H,14,17). The Hall–Kier alpha value is -1.56. The Labute approximate surface area is 129 Å². The molecule has 1 N–H and O–H groups in total. The maximum Gasteiger partial charge on any atom is 0.234 e. The number of hydrogen-bond donors (Lipinski definition) is 1. The quantitative estimate of drug-likeness (QED) is 0.853. The molecule has 0 fully saturated rings. The Kier molecular flexibility index (Phi) is 5.40. The van der Waals surface area contributed by atoms with E-state index in [9.17, 15) is 4.79 Å². The van der Waals surface area contributed by atoms with Crippen LogP contribution in [0.1, 0.15) is 5.56 Å². The van der Waals surface area contributed by atoms with Crippen molar-refractivity contribution in [1.29, 1.82) is 5.26 Å². The number of rotatable bonds is 5. The largest absolute Gasteiger partial charge is 0.324 e. The molecule has 0 atom stereocenters. The number of para-hydroxylation sites is 1. The highest BCUT2D eigenvalue weighted by Gasteiger charge is 2.09. The highest BCUT2D eigenvalue weighted by atomic mass is 32.2. The van der Waals surface area contributed by atoms with Crippen molar-refractivity contribution < 1.29 is 4.79 Å². The van der Waals surface area contributed by atoms with Gasteiger partial charge in [0.25, 0.3) is 0 Å². The van der Waals surface area contributed by atoms with E-state index in [1.54, 1.807) is 24.3 Å². The second kappa shape index (κ2) is 7.28. The lowest BCUT2D eigenvalue weighted by Gasteiger charge is -2.05. The number of hydrogen-bond acceptors (Lipinski definition) is 7. The van der Waals surface area contributed by atoms with Crippen LogP contribution in [0.5, 0.6) is 0 Å². The number of aromatic nitrogens is 2. The lowest BCUT2D eigenvalue weighted by atomic mass is 10.2. The monoisotopic (exact) mass is 322 g/mol. The summed E-state index contributed by atoms with van der Waals surface area (Å²) in [4.78, 5) is 16.1. The molecule has 0 spiro atoms. The fraction of sp³-hybridized carbons (Fsp3) is 0.167. The summed E-state index contributed by atoms with van der Waals surface area (Å²) in [5, 5.41) is 12.4. The first kappa shape index (κ1) is 14.8. The summed E-state index contributed by atoms with van der Waals surface area (Å²) in [5.74, 6) is 0.0709. The molecule has 1 aromatic carbocycles. The maximum atomic E-state index is 11.8. The molecule has 0 radical (unpaired) electrons. The Bertz CT molecular complexity index is 650. The van der Waals surface area contributed by atoms with Gasteiger partial charge in [-0.15, -0.1) is 0 Å². The average molecular weight is 322 g/mol. The first-order valence-corrected chi connectivity index (χ1v) is 8.51. The molecular weight excluding hydrogens is 312 g/mol. The molecule has 1 amide bonds. The van der Waals surface area contributed by atoms with Gasteiger partial charge in [0.15, 0.2) is 4.34 Å². The molecule has 20 heavy (non-hydrogen) atoms. The minimum absolute atomic E-state index is 0.168. The molecule has 2 aromatic rings. The van der Waals surface area contributed by atoms with Crippen LogP contribution in [0.4, 0.5) is 5.69 Å². The molecule has 0 unspecified atom stereocenters. The summed E-state index contributed by atoms with van der Waals surface area (Å²) in [6.45, 7) is 0. The normalized spacial score (nSPS) is 10.0. The first-order chi connectivity index (χ1) is 9.72. The second-order valence-electron chi connectivity index (χ2n) is 3.54. The fourth-order valence-corrected chi connectivity index (χ4v) is 3.35. The van der Waals surface area contributed by atoms with Crippen LogP contribution >= 0.6 is 35.1 Å². The Morgan fingerprint density at radius 3 is 3.00 bits per heavy atom. The lowest BCUT2D eigenvalue weighted by Crippen LogP contribution is -2.14. The van der Waals surface area contributed by atoms with Crippen LogP contribution in [0, 0.1) is 11.3 Å². The number of nitriles is 1. The number of amides is 1. The van der Waals surface area contributed by atoms with Gasteiger partial charge in [0, 0.05) is 0 Å². The van der Waals surface area contributed by atoms with Crippen molar-refractivity contribution in [2.75, 3.05) is 17.3 Å². The summed E-state index contributed by atoms with van der Waals surface area (Å²) in [6, 6.07) is 8.95. The van der Waals surface area contributed by atoms with Crippen LogP contribution in [-0.2, 0) is 4.79 Å². The Morgan fingerprint density at radius 1 is 1.50 bits per heavy atom. The van der Waals surface area contributed by atoms with E-state index in [1.807, 2.05) is 12.3 Å². The van der Waals surface area contributed by atoms with Crippen LogP contribution in [0.15, 0.2) is 33.8 Å². The third-order valence-electron chi connectivity index (χ3n) is 2.22. The number of carbonyl (C=O) groups is 1. The van der Waals surface area contributed by atoms with Crippen molar-refractivity contribution in [2.45, 2.75) is 9.50 Å². The van der Waals surface area contributed by atoms with Gasteiger partial charge >= 0.3 is 0 Å². The first-order valence-electron chi connectivity index (χ1n) is 5.52. The molecule has 0 aliphatic heterocycles. The molecule has 0 aliphatic carbocycles. The predicted octanol–water partition coefficient (Wildman–Crippen LogP) is 2.86. The smallest absolute Gasteiger partial charge is 0.234 e. The third kappa shape index (κ3) is 3.96. The molecule has 102 valence electrons. The molecule has 0 saturated heterocycles. The van der Waals surface area contributed by atoms with Gasteiger partial charge < -0.3 is 5.32 Å². The van der Waals surface area contributed by atoms with Crippen molar-refractivity contribution >= 4 is 46.7 Å². The Morgan fingerprint density at radius 2 is 2.30 bits per heavy atom. The fourth-order valence-electron chi connectivity index (χ4n) is 1.34. The number of nitrogens with one attached hydrogen (secondary N) is 1. The molecule has 0 aliphatic rings. The minimum Gasteiger partial charge on any atom is -0.324 e. The van der Waals surface area contributed by atoms with Gasteiger partial charge in [-0.2, -0.15) is 9.64 Å². The molecule has 1 heterocycles. The van der Waals surface area contributed by atoms with E-state index in [-0.39, 0.29) is 11.7 Å². The summed E-state index contributed by atoms with van der Waals surface area (Å²) in [5.41, 5.74) is 0.981. The summed E-state index contributed by atoms with van der Waals surface area (Å²) in [6.07, 6.45) is 1.90. The van der Waals surface area contributed by atoms with Crippen molar-refractivity contribution in [3.05, 3.63) is 29.8 Å². The number of carbonyl (C=O) groups excluding carboxylic acids is 1. The van der Waals surface area contributed by atoms with E-state index >= 15 is 0 Å². The van der Waals surface area contributed by atoms with Crippen molar-refractivity contribution in [3.63, 3.8) is 0 Å². The second-order valence-corrected chi connectivity index (χ2v) is 6.29. The molecule has 2 rings (SSSR count). The van der Waals surface area contributed by atoms with E-state index < -0.39 is 0 Å². The van der Waals surface area contributed by atoms with Crippen molar-refractivity contribution in [3.8, 4) is 6.07 Å². The summed E-state index contributed by atoms with van der Waals surface area (Å²) in [7, 11) is 0. The number of anilines is 1. The van der Waals surface area contributed by atoms with Gasteiger partial charge in [-0.05, 0) is 29.9 Å². The van der Waals surface area contributed by atoms with Crippen LogP contribution in [-0.4, -0.2) is 27.3 Å². The zero-order valence-corrected chi connectivity index (χ0v) is 12.9. The maximum absolute atomic E-state index is 11.8. The average Bonchev–Trinajstić information content (AvgIpc) is 2.94. The van der Waals surface area contributed by atoms with E-state index in [2.05, 4.69) is 14.7 Å². The molecule has 0 saturated carbocycles. The molecule has 8 heteroatoms. The number of thioether (sulfide) groups is 2. The van der Waals surface area contributed by atoms with Gasteiger partial charge in [-0.3, -0.25) is 4.79 Å². The van der Waals surface area contributed by atoms with Crippen LogP contribution in [0.2, 0.25) is 0 Å². The molecule has 0 bridgehead atoms. The summed E-state index contributed by atoms with van der Waals surface area (Å²) >= 11 is 4.08. The van der Waals surface area contributed by atoms with Gasteiger partial charge in [0.05, 0.1) is 17.0 Å². The van der Waals surface area contributed by atoms with E-state index in [0.29, 0.717) is 16.4 Å². The lowest BCUT2D eigenvalue weighted by molar-refractivity contribution is -0.113. The van der Waals surface area contributed by atoms with Gasteiger partial charge in [0.1, 0.15) is 6.07 Å². The van der Waals surface area contributed by atoms with E-state index in [4.69, 9.17) is 5.26 Å². The van der Waals surface area contributed by atoms with Crippen LogP contribution in [0.25, 0.3) is 0 Å². The van der Waals surface area contributed by atoms with Gasteiger partial charge in [-0.1, -0.05) is 35.7 Å². The highest BCUT2D eigenvalue weighted by molar-refractivity contribution is 8.01. The molecular formula is C12H10N4OS3. The van der Waals surface area contributed by atoms with Crippen molar-refractivity contribution in [1.82, 2.24) is 9.36 Å². The predicted molar refractivity (Wildman–Crippen MR) is 82.2 cm³/mol. The van der Waals surface area contributed by atoms with Crippen LogP contribution < -0.4 is 5.32 Å². The van der Waals surface area contributed by atoms with Gasteiger partial charge in [-0.25, -0.2) is 4.98 Å². The van der Waals surface area contributed by atoms with Crippen molar-refractivity contribution in [2.24, 2.45) is 0 Å². The van der Waals surface area contributed by atoms with Crippen LogP contribution in [0.3, 0.4) is 0 Å². The SMILES string of the molecule is CSc1nsc(SCC(=O)Nc2ccccc2C#N)n1. The zero-order valence-electron chi connectivity index (χ0n) is 10.5. The van der Waals surface area contributed by atoms with Gasteiger partial charge in [0.2, 0.25) is 11.1 Å². The number of nitrogens with zero attached hydrogens (tertiary/aromatic N) is 3. The third-order valence-corrected chi connectivity index (χ3v) is 4.72. The van der Waals surface area contributed by atoms with E-state index in [1.165, 1.54) is 35.1 Å². The minimum atomic E-state index is -0.168. The molecule has 1 aromatic heterocycles. The molecule has 5 nitrogen and oxygen atoms in total. The van der Waals surface area contributed by atoms with E-state index in [0.717, 1.165) is 4.34 Å².